The molecule has 1 fully saturated rings. The molecule has 0 spiro atoms. The first-order chi connectivity index (χ1) is 8.63. The molecule has 2 atom stereocenters. The second kappa shape index (κ2) is 4.20. The van der Waals surface area contributed by atoms with Gasteiger partial charge in [-0.1, -0.05) is 29.8 Å². The largest absolute Gasteiger partial charge is 0.504 e. The highest BCUT2D eigenvalue weighted by Gasteiger charge is 2.43. The fourth-order valence-corrected chi connectivity index (χ4v) is 2.53. The summed E-state index contributed by atoms with van der Waals surface area (Å²) < 4.78 is 5.42. The molecular weight excluding hydrogens is 225 g/mol. The Balaban J connectivity index is 1.72. The van der Waals surface area contributed by atoms with E-state index in [1.165, 1.54) is 5.56 Å². The third-order valence-electron chi connectivity index (χ3n) is 3.52. The fraction of sp³-hybridized carbons (Fsp3) is 0.357. The maximum absolute atomic E-state index is 12.1. The summed E-state index contributed by atoms with van der Waals surface area (Å²) in [5, 5.41) is 0. The highest BCUT2D eigenvalue weighted by atomic mass is 16.5. The molecule has 0 aromatic heterocycles. The Labute approximate surface area is 108 Å². The van der Waals surface area contributed by atoms with E-state index >= 15 is 0 Å². The lowest BCUT2D eigenvalue weighted by atomic mass is 10.0. The Hall–Kier alpha value is -1.71. The van der Waals surface area contributed by atoms with Crippen LogP contribution in [0.5, 0.6) is 0 Å². The normalized spacial score (nSPS) is 25.9. The summed E-state index contributed by atoms with van der Waals surface area (Å²) in [5.41, 5.74) is 2.75. The van der Waals surface area contributed by atoms with E-state index in [4.69, 9.17) is 12.6 Å². The second-order valence-corrected chi connectivity index (χ2v) is 4.96. The number of carbonyl (C=O) groups is 1. The van der Waals surface area contributed by atoms with Crippen LogP contribution >= 0.6 is 0 Å². The van der Waals surface area contributed by atoms with Crippen molar-refractivity contribution in [1.29, 1.82) is 0 Å². The molecule has 2 aliphatic rings. The smallest absolute Gasteiger partial charge is 0.233 e. The Kier molecular flexibility index (Phi) is 2.65. The monoisotopic (exact) mass is 239 g/mol. The molecule has 18 heavy (non-hydrogen) atoms. The van der Waals surface area contributed by atoms with Crippen LogP contribution in [0.1, 0.15) is 11.1 Å². The van der Waals surface area contributed by atoms with Gasteiger partial charge in [0.05, 0.1) is 12.5 Å². The van der Waals surface area contributed by atoms with Crippen LogP contribution in [0.4, 0.5) is 0 Å². The van der Waals surface area contributed by atoms with Crippen molar-refractivity contribution in [2.24, 2.45) is 5.92 Å². The molecule has 2 radical (unpaired) electrons. The Morgan fingerprint density at radius 3 is 2.78 bits per heavy atom. The van der Waals surface area contributed by atoms with Gasteiger partial charge < -0.3 is 9.64 Å². The summed E-state index contributed by atoms with van der Waals surface area (Å²) in [5.74, 6) is -0.0727. The number of ether oxygens (including phenoxy) is 1. The lowest BCUT2D eigenvalue weighted by molar-refractivity contribution is -0.130. The predicted octanol–water partition coefficient (Wildman–Crippen LogP) is 1.36. The zero-order chi connectivity index (χ0) is 12.7. The summed E-state index contributed by atoms with van der Waals surface area (Å²) in [6.45, 7) is 3.31. The van der Waals surface area contributed by atoms with Gasteiger partial charge in [-0.2, -0.15) is 0 Å². The van der Waals surface area contributed by atoms with E-state index in [2.05, 4.69) is 31.2 Å². The van der Waals surface area contributed by atoms with Crippen molar-refractivity contribution in [3.63, 3.8) is 0 Å². The minimum absolute atomic E-state index is 0.0945. The summed E-state index contributed by atoms with van der Waals surface area (Å²) >= 11 is 0. The van der Waals surface area contributed by atoms with Gasteiger partial charge in [0.25, 0.3) is 0 Å². The van der Waals surface area contributed by atoms with E-state index in [1.54, 1.807) is 6.08 Å². The van der Waals surface area contributed by atoms with Crippen LogP contribution in [-0.2, 0) is 16.1 Å². The molecule has 1 aromatic rings. The molecule has 3 nitrogen and oxygen atoms in total. The molecule has 2 aliphatic heterocycles. The van der Waals surface area contributed by atoms with Crippen LogP contribution in [0, 0.1) is 12.8 Å². The van der Waals surface area contributed by atoms with E-state index in [1.807, 2.05) is 4.90 Å². The van der Waals surface area contributed by atoms with Gasteiger partial charge in [0.15, 0.2) is 7.85 Å². The van der Waals surface area contributed by atoms with Crippen LogP contribution in [-0.4, -0.2) is 31.3 Å². The first kappa shape index (κ1) is 11.4. The van der Waals surface area contributed by atoms with Crippen molar-refractivity contribution in [2.75, 3.05) is 6.54 Å². The number of amides is 1. The number of fused-ring (bicyclic) bond motifs is 1. The molecule has 90 valence electrons. The highest BCUT2D eigenvalue weighted by Crippen LogP contribution is 2.31. The molecular formula is C14H14BNO2. The molecule has 1 amide bonds. The molecule has 0 N–H and O–H groups in total. The average Bonchev–Trinajstić information content (AvgIpc) is 2.82. The molecule has 2 heterocycles. The number of hydrogen-bond acceptors (Lipinski definition) is 2. The molecule has 1 saturated heterocycles. The minimum atomic E-state index is -0.185. The predicted molar refractivity (Wildman–Crippen MR) is 68.8 cm³/mol. The molecule has 0 saturated carbocycles. The maximum Gasteiger partial charge on any atom is 0.233 e. The third kappa shape index (κ3) is 1.92. The zero-order valence-electron chi connectivity index (χ0n) is 10.3. The van der Waals surface area contributed by atoms with E-state index < -0.39 is 0 Å². The van der Waals surface area contributed by atoms with Crippen molar-refractivity contribution < 1.29 is 9.53 Å². The second-order valence-electron chi connectivity index (χ2n) is 4.96. The van der Waals surface area contributed by atoms with Crippen LogP contribution in [0.15, 0.2) is 36.0 Å². The topological polar surface area (TPSA) is 29.5 Å². The number of nitrogens with zero attached hydrogens (tertiary/aromatic N) is 1. The standard InChI is InChI=1S/C14H14BNO2/c1-9-2-4-10(5-3-9)7-16-8-12-11(14(16)17)6-13(15)18-12/h2-6,11-12H,7-8H2,1H3. The van der Waals surface area contributed by atoms with Gasteiger partial charge in [-0.15, -0.1) is 0 Å². The zero-order valence-corrected chi connectivity index (χ0v) is 10.3. The third-order valence-corrected chi connectivity index (χ3v) is 3.52. The van der Waals surface area contributed by atoms with Gasteiger partial charge in [0.2, 0.25) is 5.91 Å². The van der Waals surface area contributed by atoms with Crippen molar-refractivity contribution in [3.05, 3.63) is 47.1 Å². The van der Waals surface area contributed by atoms with Gasteiger partial charge in [-0.05, 0) is 18.6 Å². The van der Waals surface area contributed by atoms with E-state index in [9.17, 15) is 4.79 Å². The van der Waals surface area contributed by atoms with Crippen LogP contribution in [0.3, 0.4) is 0 Å². The van der Waals surface area contributed by atoms with Crippen molar-refractivity contribution in [3.8, 4) is 0 Å². The summed E-state index contributed by atoms with van der Waals surface area (Å²) in [6, 6.07) is 8.24. The SMILES string of the molecule is [B]C1=CC2C(=O)N(Cc3ccc(C)cc3)CC2O1. The van der Waals surface area contributed by atoms with Crippen LogP contribution < -0.4 is 0 Å². The van der Waals surface area contributed by atoms with E-state index in [0.717, 1.165) is 5.56 Å². The fourth-order valence-electron chi connectivity index (χ4n) is 2.53. The summed E-state index contributed by atoms with van der Waals surface area (Å²) in [7, 11) is 5.57. The summed E-state index contributed by atoms with van der Waals surface area (Å²) in [6.07, 6.45) is 1.63. The highest BCUT2D eigenvalue weighted by molar-refractivity contribution is 6.20. The quantitative estimate of drug-likeness (QED) is 0.729. The first-order valence-electron chi connectivity index (χ1n) is 6.12. The summed E-state index contributed by atoms with van der Waals surface area (Å²) in [4.78, 5) is 14.0. The molecule has 4 heteroatoms. The average molecular weight is 239 g/mol. The first-order valence-corrected chi connectivity index (χ1v) is 6.12. The van der Waals surface area contributed by atoms with Gasteiger partial charge in [0, 0.05) is 12.2 Å². The lowest BCUT2D eigenvalue weighted by Crippen LogP contribution is -2.27. The van der Waals surface area contributed by atoms with Crippen LogP contribution in [0.25, 0.3) is 0 Å². The Morgan fingerprint density at radius 2 is 2.11 bits per heavy atom. The van der Waals surface area contributed by atoms with Crippen LogP contribution in [0.2, 0.25) is 0 Å². The minimum Gasteiger partial charge on any atom is -0.504 e. The molecule has 0 aliphatic carbocycles. The molecule has 3 rings (SSSR count). The number of benzene rings is 1. The maximum atomic E-state index is 12.1. The van der Waals surface area contributed by atoms with E-state index in [0.29, 0.717) is 18.7 Å². The molecule has 0 bridgehead atoms. The molecule has 2 unspecified atom stereocenters. The number of rotatable bonds is 2. The number of hydrogen-bond donors (Lipinski definition) is 0. The number of aryl methyl sites for hydroxylation is 1. The molecule has 1 aromatic carbocycles. The van der Waals surface area contributed by atoms with Crippen molar-refractivity contribution >= 4 is 13.8 Å². The van der Waals surface area contributed by atoms with Gasteiger partial charge >= 0.3 is 0 Å². The van der Waals surface area contributed by atoms with Gasteiger partial charge in [-0.25, -0.2) is 0 Å². The van der Waals surface area contributed by atoms with Gasteiger partial charge in [-0.3, -0.25) is 4.79 Å². The Bertz CT molecular complexity index is 509. The van der Waals surface area contributed by atoms with E-state index in [-0.39, 0.29) is 17.9 Å². The van der Waals surface area contributed by atoms with Gasteiger partial charge in [0.1, 0.15) is 6.10 Å². The van der Waals surface area contributed by atoms with Crippen molar-refractivity contribution in [1.82, 2.24) is 4.90 Å². The van der Waals surface area contributed by atoms with Crippen molar-refractivity contribution in [2.45, 2.75) is 19.6 Å². The number of likely N-dealkylation sites (tertiary alicyclic amines) is 1. The lowest BCUT2D eigenvalue weighted by Gasteiger charge is -2.17. The number of carbonyl (C=O) groups excluding carboxylic acids is 1. The Morgan fingerprint density at radius 1 is 1.39 bits per heavy atom.